The largest absolute Gasteiger partial charge is 0.481 e. The van der Waals surface area contributed by atoms with Gasteiger partial charge < -0.3 is 9.47 Å². The Morgan fingerprint density at radius 2 is 2.04 bits per heavy atom. The van der Waals surface area contributed by atoms with Crippen LogP contribution in [0.3, 0.4) is 0 Å². The Morgan fingerprint density at radius 3 is 2.68 bits per heavy atom. The summed E-state index contributed by atoms with van der Waals surface area (Å²) in [6, 6.07) is 7.53. The van der Waals surface area contributed by atoms with Gasteiger partial charge in [0.05, 0.1) is 12.3 Å². The maximum absolute atomic E-state index is 12.5. The molecule has 6 nitrogen and oxygen atoms in total. The summed E-state index contributed by atoms with van der Waals surface area (Å²) in [6.45, 7) is 7.57. The Hall–Kier alpha value is -2.41. The fourth-order valence-corrected chi connectivity index (χ4v) is 3.06. The van der Waals surface area contributed by atoms with E-state index in [4.69, 9.17) is 9.47 Å². The van der Waals surface area contributed by atoms with E-state index >= 15 is 0 Å². The molecule has 0 saturated carbocycles. The highest BCUT2D eigenvalue weighted by Crippen LogP contribution is 2.24. The quantitative estimate of drug-likeness (QED) is 0.759. The Morgan fingerprint density at radius 1 is 1.28 bits per heavy atom. The van der Waals surface area contributed by atoms with Crippen molar-refractivity contribution in [3.8, 4) is 5.75 Å². The molecule has 1 heterocycles. The molecule has 0 fully saturated rings. The summed E-state index contributed by atoms with van der Waals surface area (Å²) in [5.74, 6) is -0.0845. The molecule has 1 amide bonds. The SMILES string of the molecule is CCOC(=O)c1sc(NC(=O)C(CC)Oc2cccc(C)c2)nc1C. The number of ether oxygens (including phenoxy) is 2. The molecule has 1 unspecified atom stereocenters. The minimum Gasteiger partial charge on any atom is -0.481 e. The third-order valence-electron chi connectivity index (χ3n) is 3.42. The van der Waals surface area contributed by atoms with Crippen molar-refractivity contribution in [1.29, 1.82) is 0 Å². The van der Waals surface area contributed by atoms with Gasteiger partial charge in [0, 0.05) is 0 Å². The van der Waals surface area contributed by atoms with Crippen molar-refractivity contribution in [1.82, 2.24) is 4.98 Å². The monoisotopic (exact) mass is 362 g/mol. The molecule has 0 radical (unpaired) electrons. The van der Waals surface area contributed by atoms with Crippen LogP contribution in [0.25, 0.3) is 0 Å². The summed E-state index contributed by atoms with van der Waals surface area (Å²) < 4.78 is 10.8. The molecule has 7 heteroatoms. The van der Waals surface area contributed by atoms with Gasteiger partial charge in [-0.2, -0.15) is 0 Å². The molecule has 2 aromatic rings. The van der Waals surface area contributed by atoms with Crippen molar-refractivity contribution in [2.75, 3.05) is 11.9 Å². The van der Waals surface area contributed by atoms with Gasteiger partial charge in [-0.05, 0) is 44.9 Å². The second-order valence-corrected chi connectivity index (χ2v) is 6.47. The van der Waals surface area contributed by atoms with Crippen molar-refractivity contribution in [3.63, 3.8) is 0 Å². The summed E-state index contributed by atoms with van der Waals surface area (Å²) in [5.41, 5.74) is 1.59. The minimum absolute atomic E-state index is 0.292. The third-order valence-corrected chi connectivity index (χ3v) is 4.47. The van der Waals surface area contributed by atoms with Crippen LogP contribution in [0, 0.1) is 13.8 Å². The van der Waals surface area contributed by atoms with E-state index in [0.717, 1.165) is 16.9 Å². The van der Waals surface area contributed by atoms with Gasteiger partial charge in [0.25, 0.3) is 5.91 Å². The van der Waals surface area contributed by atoms with Gasteiger partial charge in [0.15, 0.2) is 11.2 Å². The number of rotatable bonds is 7. The van der Waals surface area contributed by atoms with E-state index in [0.29, 0.717) is 34.5 Å². The van der Waals surface area contributed by atoms with E-state index < -0.39 is 12.1 Å². The summed E-state index contributed by atoms with van der Waals surface area (Å²) in [4.78, 5) is 28.9. The van der Waals surface area contributed by atoms with Gasteiger partial charge in [-0.3, -0.25) is 10.1 Å². The lowest BCUT2D eigenvalue weighted by molar-refractivity contribution is -0.122. The Labute approximate surface area is 151 Å². The highest BCUT2D eigenvalue weighted by Gasteiger charge is 2.22. The highest BCUT2D eigenvalue weighted by atomic mass is 32.1. The van der Waals surface area contributed by atoms with Gasteiger partial charge in [0.2, 0.25) is 0 Å². The molecule has 2 rings (SSSR count). The molecule has 0 aliphatic rings. The number of thiazole rings is 1. The number of amides is 1. The number of nitrogens with one attached hydrogen (secondary N) is 1. The number of aromatic nitrogens is 1. The second-order valence-electron chi connectivity index (χ2n) is 5.47. The Balaban J connectivity index is 2.06. The van der Waals surface area contributed by atoms with Crippen molar-refractivity contribution in [2.45, 2.75) is 40.2 Å². The first kappa shape index (κ1) is 18.9. The molecule has 134 valence electrons. The first-order chi connectivity index (χ1) is 11.9. The Kier molecular flexibility index (Phi) is 6.52. The number of nitrogens with zero attached hydrogens (tertiary/aromatic N) is 1. The zero-order chi connectivity index (χ0) is 18.4. The molecule has 1 atom stereocenters. The number of hydrogen-bond donors (Lipinski definition) is 1. The average Bonchev–Trinajstić information content (AvgIpc) is 2.93. The van der Waals surface area contributed by atoms with Crippen LogP contribution in [0.5, 0.6) is 5.75 Å². The van der Waals surface area contributed by atoms with E-state index in [1.54, 1.807) is 13.8 Å². The summed E-state index contributed by atoms with van der Waals surface area (Å²) >= 11 is 1.10. The number of aryl methyl sites for hydroxylation is 2. The summed E-state index contributed by atoms with van der Waals surface area (Å²) in [5, 5.41) is 3.08. The van der Waals surface area contributed by atoms with Crippen molar-refractivity contribution in [3.05, 3.63) is 40.4 Å². The van der Waals surface area contributed by atoms with Crippen LogP contribution in [0.1, 0.15) is 41.2 Å². The molecular weight excluding hydrogens is 340 g/mol. The van der Waals surface area contributed by atoms with Crippen LogP contribution in [0.15, 0.2) is 24.3 Å². The van der Waals surface area contributed by atoms with E-state index in [9.17, 15) is 9.59 Å². The Bertz CT molecular complexity index is 757. The number of esters is 1. The molecule has 25 heavy (non-hydrogen) atoms. The van der Waals surface area contributed by atoms with Gasteiger partial charge >= 0.3 is 5.97 Å². The minimum atomic E-state index is -0.642. The first-order valence-electron chi connectivity index (χ1n) is 8.13. The van der Waals surface area contributed by atoms with Crippen LogP contribution in [0.2, 0.25) is 0 Å². The lowest BCUT2D eigenvalue weighted by atomic mass is 10.2. The number of anilines is 1. The smallest absolute Gasteiger partial charge is 0.350 e. The number of hydrogen-bond acceptors (Lipinski definition) is 6. The molecule has 0 saturated heterocycles. The first-order valence-corrected chi connectivity index (χ1v) is 8.95. The van der Waals surface area contributed by atoms with E-state index in [-0.39, 0.29) is 5.91 Å². The zero-order valence-electron chi connectivity index (χ0n) is 14.8. The standard InChI is InChI=1S/C18H22N2O4S/c1-5-14(24-13-9-7-8-11(3)10-13)16(21)20-18-19-12(4)15(25-18)17(22)23-6-2/h7-10,14H,5-6H2,1-4H3,(H,19,20,21). The highest BCUT2D eigenvalue weighted by molar-refractivity contribution is 7.17. The fraction of sp³-hybridized carbons (Fsp3) is 0.389. The maximum Gasteiger partial charge on any atom is 0.350 e. The topological polar surface area (TPSA) is 77.5 Å². The van der Waals surface area contributed by atoms with Crippen molar-refractivity contribution in [2.24, 2.45) is 0 Å². The van der Waals surface area contributed by atoms with E-state index in [1.165, 1.54) is 0 Å². The van der Waals surface area contributed by atoms with Crippen LogP contribution >= 0.6 is 11.3 Å². The van der Waals surface area contributed by atoms with Gasteiger partial charge in [-0.15, -0.1) is 0 Å². The lowest BCUT2D eigenvalue weighted by Crippen LogP contribution is -2.32. The molecule has 0 spiro atoms. The number of carbonyl (C=O) groups is 2. The third kappa shape index (κ3) is 5.03. The average molecular weight is 362 g/mol. The van der Waals surface area contributed by atoms with Crippen LogP contribution in [-0.4, -0.2) is 29.6 Å². The predicted octanol–water partition coefficient (Wildman–Crippen LogP) is 3.73. The van der Waals surface area contributed by atoms with E-state index in [1.807, 2.05) is 38.1 Å². The number of benzene rings is 1. The van der Waals surface area contributed by atoms with Gasteiger partial charge in [-0.1, -0.05) is 30.4 Å². The molecule has 0 aliphatic carbocycles. The predicted molar refractivity (Wildman–Crippen MR) is 97.3 cm³/mol. The van der Waals surface area contributed by atoms with Crippen molar-refractivity contribution >= 4 is 28.3 Å². The van der Waals surface area contributed by atoms with Crippen molar-refractivity contribution < 1.29 is 19.1 Å². The molecule has 1 N–H and O–H groups in total. The fourth-order valence-electron chi connectivity index (χ4n) is 2.20. The lowest BCUT2D eigenvalue weighted by Gasteiger charge is -2.16. The molecule has 1 aromatic heterocycles. The van der Waals surface area contributed by atoms with E-state index in [2.05, 4.69) is 10.3 Å². The zero-order valence-corrected chi connectivity index (χ0v) is 15.6. The second kappa shape index (κ2) is 8.62. The summed E-state index contributed by atoms with van der Waals surface area (Å²) in [7, 11) is 0. The molecule has 0 aliphatic heterocycles. The normalized spacial score (nSPS) is 11.7. The van der Waals surface area contributed by atoms with Crippen LogP contribution in [0.4, 0.5) is 5.13 Å². The molecule has 0 bridgehead atoms. The van der Waals surface area contributed by atoms with Crippen LogP contribution < -0.4 is 10.1 Å². The number of carbonyl (C=O) groups excluding carboxylic acids is 2. The maximum atomic E-state index is 12.5. The van der Waals surface area contributed by atoms with Gasteiger partial charge in [0.1, 0.15) is 10.6 Å². The van der Waals surface area contributed by atoms with Gasteiger partial charge in [-0.25, -0.2) is 9.78 Å². The summed E-state index contributed by atoms with van der Waals surface area (Å²) in [6.07, 6.45) is -0.133. The molecule has 1 aromatic carbocycles. The molecular formula is C18H22N2O4S. The van der Waals surface area contributed by atoms with Crippen LogP contribution in [-0.2, 0) is 9.53 Å².